The lowest BCUT2D eigenvalue weighted by Crippen LogP contribution is -2.55. The fraction of sp³-hybridized carbons (Fsp3) is 0.297. The average molecular weight is 687 g/mol. The minimum atomic E-state index is -4.66. The first-order valence-corrected chi connectivity index (χ1v) is 16.3. The lowest BCUT2D eigenvalue weighted by atomic mass is 9.81. The minimum Gasteiger partial charge on any atom is -0.379 e. The number of nitrogens with zero attached hydrogens (tertiary/aromatic N) is 4. The number of para-hydroxylation sites is 1. The Balaban J connectivity index is 1.40. The zero-order chi connectivity index (χ0) is 35.6. The summed E-state index contributed by atoms with van der Waals surface area (Å²) in [6.45, 7) is 10.7. The van der Waals surface area contributed by atoms with Crippen LogP contribution in [0.5, 0.6) is 0 Å². The van der Waals surface area contributed by atoms with Gasteiger partial charge in [-0.3, -0.25) is 24.2 Å². The number of ether oxygens (including phenoxy) is 1. The van der Waals surface area contributed by atoms with Crippen LogP contribution in [0.25, 0.3) is 5.69 Å². The first-order chi connectivity index (χ1) is 24.0. The number of amides is 3. The summed E-state index contributed by atoms with van der Waals surface area (Å²) < 4.78 is 47.7. The lowest BCUT2D eigenvalue weighted by Gasteiger charge is -2.38. The summed E-state index contributed by atoms with van der Waals surface area (Å²) in [7, 11) is 0. The van der Waals surface area contributed by atoms with Crippen LogP contribution in [0, 0.1) is 6.92 Å². The summed E-state index contributed by atoms with van der Waals surface area (Å²) in [6.07, 6.45) is -4.66. The Morgan fingerprint density at radius 1 is 1.00 bits per heavy atom. The highest BCUT2D eigenvalue weighted by atomic mass is 19.4. The zero-order valence-electron chi connectivity index (χ0n) is 27.7. The van der Waals surface area contributed by atoms with E-state index in [0.717, 1.165) is 18.2 Å². The van der Waals surface area contributed by atoms with E-state index in [1.54, 1.807) is 35.9 Å². The van der Waals surface area contributed by atoms with Gasteiger partial charge in [0.05, 0.1) is 30.2 Å². The van der Waals surface area contributed by atoms with Gasteiger partial charge >= 0.3 is 6.18 Å². The molecule has 0 bridgehead atoms. The number of morpholine rings is 1. The molecule has 0 aliphatic carbocycles. The molecule has 1 saturated heterocycles. The molecule has 2 aliphatic rings. The standard InChI is InChI=1S/C37H37F3N6O4/c1-4-45-35-30(24(3)43-46(35)29-14-6-5-7-15-29)31(32(36(45)49)42-34(48)26-11-8-12-27(20-26)37(38,39)40)25-10-9-13-28(21-25)41-33(47)23(2)22-44-16-18-50-19-17-44/h5-15,20-21,31-32H,2,4,16-19,22H2,1,3H3,(H,41,47)(H,42,48)/t31-,32+/m1/s1. The van der Waals surface area contributed by atoms with E-state index in [4.69, 9.17) is 9.84 Å². The second-order valence-electron chi connectivity index (χ2n) is 12.2. The molecule has 0 unspecified atom stereocenters. The SMILES string of the molecule is C=C(CN1CCOCC1)C(=O)Nc1cccc([C@@H]2c3c(C)nn(-c4ccccc4)c3N(CC)C(=O)[C@H]2NC(=O)c2cccc(C(F)(F)F)c2)c1. The summed E-state index contributed by atoms with van der Waals surface area (Å²) >= 11 is 0. The van der Waals surface area contributed by atoms with E-state index in [2.05, 4.69) is 22.1 Å². The maximum atomic E-state index is 14.4. The van der Waals surface area contributed by atoms with Crippen molar-refractivity contribution in [2.45, 2.75) is 32.0 Å². The smallest absolute Gasteiger partial charge is 0.379 e. The van der Waals surface area contributed by atoms with E-state index >= 15 is 0 Å². The summed E-state index contributed by atoms with van der Waals surface area (Å²) in [5, 5.41) is 10.5. The van der Waals surface area contributed by atoms with Gasteiger partial charge in [0.2, 0.25) is 0 Å². The van der Waals surface area contributed by atoms with Crippen molar-refractivity contribution in [2.75, 3.05) is 49.6 Å². The molecule has 10 nitrogen and oxygen atoms in total. The quantitative estimate of drug-likeness (QED) is 0.231. The largest absolute Gasteiger partial charge is 0.416 e. The first kappa shape index (κ1) is 34.6. The third kappa shape index (κ3) is 7.05. The van der Waals surface area contributed by atoms with Crippen LogP contribution in [0.2, 0.25) is 0 Å². The third-order valence-corrected chi connectivity index (χ3v) is 8.91. The van der Waals surface area contributed by atoms with Gasteiger partial charge in [0.1, 0.15) is 11.9 Å². The van der Waals surface area contributed by atoms with Gasteiger partial charge in [-0.15, -0.1) is 0 Å². The van der Waals surface area contributed by atoms with Gasteiger partial charge in [-0.25, -0.2) is 4.68 Å². The van der Waals surface area contributed by atoms with E-state index in [1.165, 1.54) is 11.0 Å². The lowest BCUT2D eigenvalue weighted by molar-refractivity contribution is -0.137. The van der Waals surface area contributed by atoms with E-state index in [1.807, 2.05) is 37.3 Å². The second kappa shape index (κ2) is 14.3. The van der Waals surface area contributed by atoms with Gasteiger partial charge in [0.25, 0.3) is 17.7 Å². The molecule has 50 heavy (non-hydrogen) atoms. The molecule has 2 atom stereocenters. The Morgan fingerprint density at radius 2 is 1.72 bits per heavy atom. The molecule has 260 valence electrons. The van der Waals surface area contributed by atoms with Crippen molar-refractivity contribution in [3.05, 3.63) is 119 Å². The summed E-state index contributed by atoms with van der Waals surface area (Å²) in [5.41, 5.74) is 2.14. The predicted molar refractivity (Wildman–Crippen MR) is 182 cm³/mol. The van der Waals surface area contributed by atoms with Gasteiger partial charge in [-0.05, 0) is 61.9 Å². The molecule has 0 saturated carbocycles. The maximum absolute atomic E-state index is 14.4. The van der Waals surface area contributed by atoms with Crippen LogP contribution in [-0.4, -0.2) is 77.8 Å². The van der Waals surface area contributed by atoms with Gasteiger partial charge in [0, 0.05) is 54.5 Å². The molecule has 0 spiro atoms. The normalized spacial score (nSPS) is 18.0. The Bertz CT molecular complexity index is 1920. The Labute approximate surface area is 287 Å². The molecule has 2 N–H and O–H groups in total. The molecular formula is C37H37F3N6O4. The number of halogens is 3. The van der Waals surface area contributed by atoms with Crippen LogP contribution < -0.4 is 15.5 Å². The Morgan fingerprint density at radius 3 is 2.42 bits per heavy atom. The number of carbonyl (C=O) groups is 3. The highest BCUT2D eigenvalue weighted by molar-refractivity contribution is 6.06. The highest BCUT2D eigenvalue weighted by Gasteiger charge is 2.45. The number of carbonyl (C=O) groups excluding carboxylic acids is 3. The molecule has 13 heteroatoms. The molecule has 3 aromatic carbocycles. The monoisotopic (exact) mass is 686 g/mol. The Hall–Kier alpha value is -5.27. The van der Waals surface area contributed by atoms with Crippen molar-refractivity contribution in [2.24, 2.45) is 0 Å². The number of fused-ring (bicyclic) bond motifs is 1. The van der Waals surface area contributed by atoms with Crippen LogP contribution >= 0.6 is 0 Å². The number of anilines is 2. The average Bonchev–Trinajstić information content (AvgIpc) is 3.45. The number of nitrogens with one attached hydrogen (secondary N) is 2. The second-order valence-corrected chi connectivity index (χ2v) is 12.2. The van der Waals surface area contributed by atoms with Gasteiger partial charge in [-0.1, -0.05) is 43.0 Å². The molecule has 0 radical (unpaired) electrons. The van der Waals surface area contributed by atoms with Crippen LogP contribution in [0.3, 0.4) is 0 Å². The third-order valence-electron chi connectivity index (χ3n) is 8.91. The van der Waals surface area contributed by atoms with Crippen molar-refractivity contribution >= 4 is 29.2 Å². The molecule has 2 aliphatic heterocycles. The van der Waals surface area contributed by atoms with Crippen molar-refractivity contribution in [3.63, 3.8) is 0 Å². The fourth-order valence-electron chi connectivity index (χ4n) is 6.48. The Kier molecular flexibility index (Phi) is 9.89. The number of aryl methyl sites for hydroxylation is 1. The summed E-state index contributed by atoms with van der Waals surface area (Å²) in [6, 6.07) is 19.1. The highest BCUT2D eigenvalue weighted by Crippen LogP contribution is 2.44. The van der Waals surface area contributed by atoms with Crippen molar-refractivity contribution < 1.29 is 32.3 Å². The van der Waals surface area contributed by atoms with E-state index in [9.17, 15) is 27.6 Å². The number of hydrogen-bond acceptors (Lipinski definition) is 6. The maximum Gasteiger partial charge on any atom is 0.416 e. The van der Waals surface area contributed by atoms with E-state index in [0.29, 0.717) is 72.4 Å². The van der Waals surface area contributed by atoms with Crippen LogP contribution in [0.4, 0.5) is 24.7 Å². The van der Waals surface area contributed by atoms with Crippen LogP contribution in [0.1, 0.15) is 45.6 Å². The number of benzene rings is 3. The first-order valence-electron chi connectivity index (χ1n) is 16.3. The van der Waals surface area contributed by atoms with E-state index < -0.39 is 35.5 Å². The van der Waals surface area contributed by atoms with Gasteiger partial charge in [-0.2, -0.15) is 18.3 Å². The number of aromatic nitrogens is 2. The predicted octanol–water partition coefficient (Wildman–Crippen LogP) is 5.32. The summed E-state index contributed by atoms with van der Waals surface area (Å²) in [5.74, 6) is -1.97. The summed E-state index contributed by atoms with van der Waals surface area (Å²) in [4.78, 5) is 44.9. The topological polar surface area (TPSA) is 109 Å². The molecule has 3 heterocycles. The number of alkyl halides is 3. The molecular weight excluding hydrogens is 649 g/mol. The number of rotatable bonds is 9. The van der Waals surface area contributed by atoms with Crippen LogP contribution in [0.15, 0.2) is 91.0 Å². The number of likely N-dealkylation sites (N-methyl/N-ethyl adjacent to an activating group) is 1. The van der Waals surface area contributed by atoms with Crippen molar-refractivity contribution in [1.82, 2.24) is 20.0 Å². The van der Waals surface area contributed by atoms with Gasteiger partial charge in [0.15, 0.2) is 0 Å². The minimum absolute atomic E-state index is 0.230. The fourth-order valence-corrected chi connectivity index (χ4v) is 6.48. The molecule has 6 rings (SSSR count). The van der Waals surface area contributed by atoms with Crippen molar-refractivity contribution in [1.29, 1.82) is 0 Å². The van der Waals surface area contributed by atoms with Crippen LogP contribution in [-0.2, 0) is 20.5 Å². The molecule has 3 amide bonds. The number of hydrogen-bond donors (Lipinski definition) is 2. The molecule has 1 aromatic heterocycles. The van der Waals surface area contributed by atoms with Crippen molar-refractivity contribution in [3.8, 4) is 5.69 Å². The van der Waals surface area contributed by atoms with E-state index in [-0.39, 0.29) is 18.0 Å². The molecule has 1 fully saturated rings. The molecule has 4 aromatic rings. The van der Waals surface area contributed by atoms with Gasteiger partial charge < -0.3 is 15.4 Å². The zero-order valence-corrected chi connectivity index (χ0v) is 27.7.